The monoisotopic (exact) mass is 398 g/mol. The fourth-order valence-electron chi connectivity index (χ4n) is 2.09. The van der Waals surface area contributed by atoms with Crippen LogP contribution < -0.4 is 9.46 Å². The molecule has 0 fully saturated rings. The van der Waals surface area contributed by atoms with Crippen LogP contribution in [0.25, 0.3) is 0 Å². The predicted octanol–water partition coefficient (Wildman–Crippen LogP) is 3.28. The van der Waals surface area contributed by atoms with Gasteiger partial charge in [-0.15, -0.1) is 0 Å². The minimum absolute atomic E-state index is 0.00406. The minimum Gasteiger partial charge on any atom is -0.755 e. The Labute approximate surface area is 158 Å². The van der Waals surface area contributed by atoms with Gasteiger partial charge >= 0.3 is 5.97 Å². The predicted molar refractivity (Wildman–Crippen MR) is 96.7 cm³/mol. The van der Waals surface area contributed by atoms with Crippen molar-refractivity contribution in [3.05, 3.63) is 58.6 Å². The van der Waals surface area contributed by atoms with Crippen molar-refractivity contribution in [2.24, 2.45) is 0 Å². The topological polar surface area (TPSA) is 96.9 Å². The maximum absolute atomic E-state index is 12.1. The van der Waals surface area contributed by atoms with E-state index in [1.165, 1.54) is 12.1 Å². The number of carbonyl (C=O) groups is 1. The molecule has 0 aromatic heterocycles. The SMILES string of the molecule is CCOC(=O)c1cc(NS(=O)[O-])cc(Cl)c1OCOCc1ccccc1. The van der Waals surface area contributed by atoms with Crippen LogP contribution in [-0.2, 0) is 27.3 Å². The molecule has 0 aliphatic carbocycles. The van der Waals surface area contributed by atoms with Crippen molar-refractivity contribution in [2.45, 2.75) is 13.5 Å². The van der Waals surface area contributed by atoms with Gasteiger partial charge in [0.2, 0.25) is 0 Å². The largest absolute Gasteiger partial charge is 0.755 e. The second-order valence-electron chi connectivity index (χ2n) is 4.99. The molecule has 2 aromatic carbocycles. The van der Waals surface area contributed by atoms with E-state index in [-0.39, 0.29) is 35.4 Å². The molecule has 1 unspecified atom stereocenters. The van der Waals surface area contributed by atoms with Crippen molar-refractivity contribution in [2.75, 3.05) is 18.1 Å². The smallest absolute Gasteiger partial charge is 0.342 e. The zero-order valence-electron chi connectivity index (χ0n) is 13.9. The van der Waals surface area contributed by atoms with Crippen LogP contribution in [0, 0.1) is 0 Å². The first-order valence-corrected chi connectivity index (χ1v) is 9.07. The van der Waals surface area contributed by atoms with E-state index in [9.17, 15) is 13.6 Å². The first-order valence-electron chi connectivity index (χ1n) is 7.62. The highest BCUT2D eigenvalue weighted by atomic mass is 35.5. The van der Waals surface area contributed by atoms with Gasteiger partial charge in [0, 0.05) is 17.0 Å². The molecule has 1 atom stereocenters. The molecule has 0 radical (unpaired) electrons. The van der Waals surface area contributed by atoms with Gasteiger partial charge in [0.1, 0.15) is 5.56 Å². The molecule has 2 rings (SSSR count). The summed E-state index contributed by atoms with van der Waals surface area (Å²) in [6.45, 7) is 1.96. The van der Waals surface area contributed by atoms with Gasteiger partial charge in [-0.2, -0.15) is 0 Å². The average Bonchev–Trinajstić information content (AvgIpc) is 2.60. The molecule has 1 N–H and O–H groups in total. The Kier molecular flexibility index (Phi) is 7.86. The van der Waals surface area contributed by atoms with Gasteiger partial charge in [0.25, 0.3) is 0 Å². The molecular formula is C17H17ClNO6S-. The van der Waals surface area contributed by atoms with Crippen molar-refractivity contribution < 1.29 is 27.8 Å². The maximum Gasteiger partial charge on any atom is 0.342 e. The normalized spacial score (nSPS) is 11.7. The summed E-state index contributed by atoms with van der Waals surface area (Å²) in [4.78, 5) is 12.1. The summed E-state index contributed by atoms with van der Waals surface area (Å²) in [6, 6.07) is 12.1. The molecule has 7 nitrogen and oxygen atoms in total. The van der Waals surface area contributed by atoms with Gasteiger partial charge < -0.3 is 23.5 Å². The molecular weight excluding hydrogens is 382 g/mol. The number of carbonyl (C=O) groups excluding carboxylic acids is 1. The summed E-state index contributed by atoms with van der Waals surface area (Å²) in [5.74, 6) is -0.631. The molecule has 26 heavy (non-hydrogen) atoms. The maximum atomic E-state index is 12.1. The van der Waals surface area contributed by atoms with E-state index in [0.717, 1.165) is 5.56 Å². The van der Waals surface area contributed by atoms with Gasteiger partial charge in [0.15, 0.2) is 12.5 Å². The fourth-order valence-corrected chi connectivity index (χ4v) is 2.67. The Bertz CT molecular complexity index is 771. The molecule has 0 aliphatic heterocycles. The van der Waals surface area contributed by atoms with Crippen molar-refractivity contribution in [3.8, 4) is 5.75 Å². The van der Waals surface area contributed by atoms with Crippen LogP contribution in [0.4, 0.5) is 5.69 Å². The summed E-state index contributed by atoms with van der Waals surface area (Å²) in [7, 11) is 0. The lowest BCUT2D eigenvalue weighted by molar-refractivity contribution is 0.00405. The van der Waals surface area contributed by atoms with E-state index in [2.05, 4.69) is 4.72 Å². The van der Waals surface area contributed by atoms with Crippen LogP contribution in [0.1, 0.15) is 22.8 Å². The Morgan fingerprint density at radius 1 is 1.27 bits per heavy atom. The molecule has 0 spiro atoms. The Morgan fingerprint density at radius 3 is 2.65 bits per heavy atom. The highest BCUT2D eigenvalue weighted by Crippen LogP contribution is 2.33. The number of hydrogen-bond acceptors (Lipinski definition) is 6. The van der Waals surface area contributed by atoms with Crippen molar-refractivity contribution in [1.82, 2.24) is 0 Å². The highest BCUT2D eigenvalue weighted by molar-refractivity contribution is 7.80. The zero-order valence-corrected chi connectivity index (χ0v) is 15.5. The summed E-state index contributed by atoms with van der Waals surface area (Å²) in [6.07, 6.45) is 0. The molecule has 0 saturated carbocycles. The third-order valence-electron chi connectivity index (χ3n) is 3.14. The summed E-state index contributed by atoms with van der Waals surface area (Å²) in [5, 5.41) is 0.0480. The van der Waals surface area contributed by atoms with Crippen LogP contribution >= 0.6 is 11.6 Å². The highest BCUT2D eigenvalue weighted by Gasteiger charge is 2.19. The number of benzene rings is 2. The number of esters is 1. The van der Waals surface area contributed by atoms with Gasteiger partial charge in [-0.05, 0) is 24.6 Å². The lowest BCUT2D eigenvalue weighted by atomic mass is 10.2. The van der Waals surface area contributed by atoms with Gasteiger partial charge in [0.05, 0.1) is 18.2 Å². The molecule has 0 heterocycles. The second kappa shape index (κ2) is 10.1. The number of rotatable bonds is 9. The quantitative estimate of drug-likeness (QED) is 0.301. The zero-order chi connectivity index (χ0) is 18.9. The lowest BCUT2D eigenvalue weighted by Crippen LogP contribution is -2.12. The number of anilines is 1. The number of hydrogen-bond donors (Lipinski definition) is 1. The molecule has 9 heteroatoms. The van der Waals surface area contributed by atoms with Gasteiger partial charge in [-0.1, -0.05) is 41.9 Å². The van der Waals surface area contributed by atoms with E-state index < -0.39 is 17.2 Å². The molecule has 0 amide bonds. The fraction of sp³-hybridized carbons (Fsp3) is 0.235. The van der Waals surface area contributed by atoms with E-state index in [0.29, 0.717) is 6.61 Å². The summed E-state index contributed by atoms with van der Waals surface area (Å²) >= 11 is 3.57. The van der Waals surface area contributed by atoms with Crippen molar-refractivity contribution >= 4 is 34.5 Å². The molecule has 0 aliphatic rings. The van der Waals surface area contributed by atoms with Gasteiger partial charge in [-0.25, -0.2) is 4.79 Å². The van der Waals surface area contributed by atoms with E-state index in [1.807, 2.05) is 30.3 Å². The van der Waals surface area contributed by atoms with E-state index in [1.54, 1.807) is 6.92 Å². The standard InChI is InChI=1S/C17H18ClNO6S/c1-2-24-17(20)14-8-13(19-26(21)22)9-15(18)16(14)25-11-23-10-12-6-4-3-5-7-12/h3-9,19H,2,10-11H2,1H3,(H,21,22)/p-1. The van der Waals surface area contributed by atoms with Crippen LogP contribution in [0.3, 0.4) is 0 Å². The van der Waals surface area contributed by atoms with Crippen molar-refractivity contribution in [1.29, 1.82) is 0 Å². The third kappa shape index (κ3) is 5.99. The lowest BCUT2D eigenvalue weighted by Gasteiger charge is -2.16. The van der Waals surface area contributed by atoms with Crippen molar-refractivity contribution in [3.63, 3.8) is 0 Å². The van der Waals surface area contributed by atoms with Crippen LogP contribution in [-0.4, -0.2) is 28.1 Å². The number of nitrogens with one attached hydrogen (secondary N) is 1. The third-order valence-corrected chi connectivity index (χ3v) is 3.82. The Hall–Kier alpha value is -2.13. The van der Waals surface area contributed by atoms with Crippen LogP contribution in [0.15, 0.2) is 42.5 Å². The van der Waals surface area contributed by atoms with E-state index in [4.69, 9.17) is 25.8 Å². The number of halogens is 1. The minimum atomic E-state index is -2.56. The summed E-state index contributed by atoms with van der Waals surface area (Å²) in [5.41, 5.74) is 1.07. The summed E-state index contributed by atoms with van der Waals surface area (Å²) < 4.78 is 39.6. The molecule has 0 bridgehead atoms. The Balaban J connectivity index is 2.11. The van der Waals surface area contributed by atoms with Crippen LogP contribution in [0.5, 0.6) is 5.75 Å². The van der Waals surface area contributed by atoms with Crippen LogP contribution in [0.2, 0.25) is 5.02 Å². The average molecular weight is 399 g/mol. The van der Waals surface area contributed by atoms with E-state index >= 15 is 0 Å². The molecule has 0 saturated heterocycles. The van der Waals surface area contributed by atoms with Gasteiger partial charge in [-0.3, -0.25) is 4.21 Å². The first-order chi connectivity index (χ1) is 12.5. The first kappa shape index (κ1) is 20.2. The Morgan fingerprint density at radius 2 is 2.00 bits per heavy atom. The number of ether oxygens (including phenoxy) is 3. The second-order valence-corrected chi connectivity index (χ2v) is 6.07. The molecule has 140 valence electrons. The molecule has 2 aromatic rings.